The lowest BCUT2D eigenvalue weighted by atomic mass is 9.97. The first kappa shape index (κ1) is 12.0. The van der Waals surface area contributed by atoms with Gasteiger partial charge >= 0.3 is 0 Å². The highest BCUT2D eigenvalue weighted by Crippen LogP contribution is 2.27. The molecule has 0 radical (unpaired) electrons. The monoisotopic (exact) mass is 271 g/mol. The topological polar surface area (TPSA) is 45.5 Å². The van der Waals surface area contributed by atoms with Crippen LogP contribution in [0.5, 0.6) is 0 Å². The molecule has 0 spiro atoms. The van der Waals surface area contributed by atoms with E-state index >= 15 is 0 Å². The van der Waals surface area contributed by atoms with Crippen molar-refractivity contribution >= 4 is 16.9 Å². The number of nitrogens with one attached hydrogen (secondary N) is 1. The fourth-order valence-electron chi connectivity index (χ4n) is 3.54. The number of furan rings is 1. The summed E-state index contributed by atoms with van der Waals surface area (Å²) in [5.74, 6) is 0.797. The van der Waals surface area contributed by atoms with E-state index in [1.54, 1.807) is 6.26 Å². The fraction of sp³-hybridized carbons (Fsp3) is 0.438. The predicted molar refractivity (Wildman–Crippen MR) is 76.6 cm³/mol. The Balaban J connectivity index is 1.49. The highest BCUT2D eigenvalue weighted by atomic mass is 16.3. The van der Waals surface area contributed by atoms with Crippen molar-refractivity contribution in [1.29, 1.82) is 0 Å². The van der Waals surface area contributed by atoms with Crippen LogP contribution in [0.3, 0.4) is 0 Å². The van der Waals surface area contributed by atoms with Gasteiger partial charge in [-0.05, 0) is 49.6 Å². The standard InChI is InChI=1S/C16H18N2O2/c19-16(13-1-2-15-12(8-13)4-6-20-15)17-14-7-11-3-5-18(9-11)10-14/h1-2,4,6,8,11,14H,3,5,7,9-10H2,(H,17,19)/t11-,14-/m1/s1/i16+1. The van der Waals surface area contributed by atoms with Crippen LogP contribution in [0.2, 0.25) is 0 Å². The maximum absolute atomic E-state index is 12.4. The van der Waals surface area contributed by atoms with Gasteiger partial charge in [0.15, 0.2) is 0 Å². The van der Waals surface area contributed by atoms with Gasteiger partial charge in [-0.3, -0.25) is 4.79 Å². The van der Waals surface area contributed by atoms with E-state index in [9.17, 15) is 4.79 Å². The number of carbonyl (C=O) groups is 1. The number of fused-ring (bicyclic) bond motifs is 3. The summed E-state index contributed by atoms with van der Waals surface area (Å²) in [7, 11) is 0. The minimum atomic E-state index is 0.0283. The second-order valence-corrected chi connectivity index (χ2v) is 5.99. The normalized spacial score (nSPS) is 28.7. The van der Waals surface area contributed by atoms with Gasteiger partial charge in [-0.25, -0.2) is 0 Å². The van der Waals surface area contributed by atoms with Gasteiger partial charge in [0, 0.05) is 30.1 Å². The van der Waals surface area contributed by atoms with Crippen molar-refractivity contribution in [2.24, 2.45) is 5.92 Å². The van der Waals surface area contributed by atoms with Crippen LogP contribution in [0.4, 0.5) is 0 Å². The number of piperidine rings is 1. The Kier molecular flexibility index (Phi) is 2.77. The third kappa shape index (κ3) is 2.10. The van der Waals surface area contributed by atoms with Crippen molar-refractivity contribution in [2.75, 3.05) is 19.6 Å². The molecule has 2 aliphatic rings. The van der Waals surface area contributed by atoms with E-state index in [2.05, 4.69) is 10.2 Å². The Labute approximate surface area is 117 Å². The van der Waals surface area contributed by atoms with Crippen LogP contribution in [0.25, 0.3) is 11.0 Å². The first-order valence-electron chi connectivity index (χ1n) is 7.28. The zero-order chi connectivity index (χ0) is 13.5. The van der Waals surface area contributed by atoms with Crippen molar-refractivity contribution in [1.82, 2.24) is 10.2 Å². The van der Waals surface area contributed by atoms with Gasteiger partial charge in [0.05, 0.1) is 6.26 Å². The lowest BCUT2D eigenvalue weighted by Crippen LogP contribution is -2.47. The van der Waals surface area contributed by atoms with Gasteiger partial charge in [-0.15, -0.1) is 0 Å². The van der Waals surface area contributed by atoms with E-state index in [0.717, 1.165) is 29.9 Å². The van der Waals surface area contributed by atoms with Crippen molar-refractivity contribution in [3.05, 3.63) is 36.1 Å². The second-order valence-electron chi connectivity index (χ2n) is 5.99. The quantitative estimate of drug-likeness (QED) is 0.852. The molecule has 3 atom stereocenters. The van der Waals surface area contributed by atoms with Gasteiger partial charge in [-0.2, -0.15) is 0 Å². The molecule has 1 amide bonds. The minimum absolute atomic E-state index is 0.0283. The highest BCUT2D eigenvalue weighted by molar-refractivity contribution is 5.97. The molecule has 0 aliphatic carbocycles. The Morgan fingerprint density at radius 1 is 1.30 bits per heavy atom. The van der Waals surface area contributed by atoms with Crippen molar-refractivity contribution in [2.45, 2.75) is 18.9 Å². The lowest BCUT2D eigenvalue weighted by molar-refractivity contribution is 0.0909. The smallest absolute Gasteiger partial charge is 0.251 e. The number of hydrogen-bond donors (Lipinski definition) is 1. The number of benzene rings is 1. The maximum Gasteiger partial charge on any atom is 0.251 e. The van der Waals surface area contributed by atoms with Crippen molar-refractivity contribution in [3.8, 4) is 0 Å². The minimum Gasteiger partial charge on any atom is -0.464 e. The number of hydrogen-bond acceptors (Lipinski definition) is 3. The first-order chi connectivity index (χ1) is 9.78. The third-order valence-corrected chi connectivity index (χ3v) is 4.52. The van der Waals surface area contributed by atoms with E-state index in [0.29, 0.717) is 11.6 Å². The first-order valence-corrected chi connectivity index (χ1v) is 7.28. The summed E-state index contributed by atoms with van der Waals surface area (Å²) < 4.78 is 5.30. The van der Waals surface area contributed by atoms with Crippen LogP contribution in [-0.2, 0) is 0 Å². The van der Waals surface area contributed by atoms with E-state index in [4.69, 9.17) is 4.42 Å². The van der Waals surface area contributed by atoms with Crippen LogP contribution in [0, 0.1) is 5.92 Å². The molecule has 4 heteroatoms. The molecular weight excluding hydrogens is 253 g/mol. The van der Waals surface area contributed by atoms with E-state index < -0.39 is 0 Å². The van der Waals surface area contributed by atoms with Gasteiger partial charge in [0.1, 0.15) is 5.58 Å². The molecule has 1 unspecified atom stereocenters. The molecule has 104 valence electrons. The highest BCUT2D eigenvalue weighted by Gasteiger charge is 2.32. The molecule has 2 aliphatic heterocycles. The number of nitrogens with zero attached hydrogens (tertiary/aromatic N) is 1. The summed E-state index contributed by atoms with van der Waals surface area (Å²) in [6.07, 6.45) is 4.06. The summed E-state index contributed by atoms with van der Waals surface area (Å²) >= 11 is 0. The molecular formula is C16H18N2O2. The molecule has 2 fully saturated rings. The largest absolute Gasteiger partial charge is 0.464 e. The van der Waals surface area contributed by atoms with E-state index in [-0.39, 0.29) is 5.91 Å². The molecule has 2 bridgehead atoms. The van der Waals surface area contributed by atoms with Crippen LogP contribution < -0.4 is 5.32 Å². The molecule has 1 aromatic heterocycles. The Hall–Kier alpha value is -1.81. The number of amides is 1. The summed E-state index contributed by atoms with van der Waals surface area (Å²) in [6, 6.07) is 7.77. The van der Waals surface area contributed by atoms with Gasteiger partial charge in [0.2, 0.25) is 0 Å². The van der Waals surface area contributed by atoms with Crippen LogP contribution in [-0.4, -0.2) is 36.5 Å². The van der Waals surface area contributed by atoms with Gasteiger partial charge < -0.3 is 14.6 Å². The fourth-order valence-corrected chi connectivity index (χ4v) is 3.54. The molecule has 1 aromatic carbocycles. The SMILES string of the molecule is O=[13C](N[C@@H]1C[C@H]2CCN(C2)C1)c1ccc2occc2c1. The summed E-state index contributed by atoms with van der Waals surface area (Å²) in [4.78, 5) is 14.8. The lowest BCUT2D eigenvalue weighted by Gasteiger charge is -2.30. The average molecular weight is 271 g/mol. The van der Waals surface area contributed by atoms with Gasteiger partial charge in [-0.1, -0.05) is 0 Å². The van der Waals surface area contributed by atoms with E-state index in [1.807, 2.05) is 24.3 Å². The number of carbonyl (C=O) groups excluding carboxylic acids is 1. The van der Waals surface area contributed by atoms with Crippen molar-refractivity contribution in [3.63, 3.8) is 0 Å². The zero-order valence-corrected chi connectivity index (χ0v) is 11.3. The van der Waals surface area contributed by atoms with Crippen LogP contribution >= 0.6 is 0 Å². The molecule has 0 saturated carbocycles. The third-order valence-electron chi connectivity index (χ3n) is 4.52. The van der Waals surface area contributed by atoms with E-state index in [1.165, 1.54) is 19.5 Å². The molecule has 2 saturated heterocycles. The summed E-state index contributed by atoms with van der Waals surface area (Å²) in [5.41, 5.74) is 1.54. The molecule has 3 heterocycles. The second kappa shape index (κ2) is 4.63. The Bertz CT molecular complexity index is 637. The predicted octanol–water partition coefficient (Wildman–Crippen LogP) is 2.26. The van der Waals surface area contributed by atoms with Crippen LogP contribution in [0.15, 0.2) is 34.9 Å². The number of rotatable bonds is 2. The van der Waals surface area contributed by atoms with Crippen LogP contribution in [0.1, 0.15) is 23.2 Å². The molecule has 20 heavy (non-hydrogen) atoms. The molecule has 4 rings (SSSR count). The van der Waals surface area contributed by atoms with Crippen molar-refractivity contribution < 1.29 is 9.21 Å². The Morgan fingerprint density at radius 2 is 2.25 bits per heavy atom. The summed E-state index contributed by atoms with van der Waals surface area (Å²) in [5, 5.41) is 4.16. The molecule has 4 nitrogen and oxygen atoms in total. The Morgan fingerprint density at radius 3 is 3.15 bits per heavy atom. The average Bonchev–Trinajstić information content (AvgIpc) is 3.04. The summed E-state index contributed by atoms with van der Waals surface area (Å²) in [6.45, 7) is 3.40. The molecule has 1 N–H and O–H groups in total. The molecule has 2 aromatic rings. The maximum atomic E-state index is 12.4. The van der Waals surface area contributed by atoms with Gasteiger partial charge in [0.25, 0.3) is 5.91 Å². The zero-order valence-electron chi connectivity index (χ0n) is 11.3.